The number of thiophene rings is 1. The molecule has 6 rings (SSSR count). The molecule has 274 valence electrons. The highest BCUT2D eigenvalue weighted by Crippen LogP contribution is 2.50. The average Bonchev–Trinajstić information content (AvgIpc) is 3.53. The minimum absolute atomic E-state index is 0.135. The predicted octanol–water partition coefficient (Wildman–Crippen LogP) is 7.86. The Balaban J connectivity index is 1.45. The van der Waals surface area contributed by atoms with Crippen molar-refractivity contribution in [2.45, 2.75) is 25.9 Å². The van der Waals surface area contributed by atoms with Crippen molar-refractivity contribution in [2.24, 2.45) is 0 Å². The van der Waals surface area contributed by atoms with Crippen LogP contribution in [0.2, 0.25) is 5.02 Å². The van der Waals surface area contributed by atoms with Crippen LogP contribution in [0.5, 0.6) is 17.4 Å². The molecule has 1 atom stereocenters. The number of likely N-dealkylation sites (N-methyl/N-ethyl adjacent to an activating group) is 1. The lowest BCUT2D eigenvalue weighted by atomic mass is 9.95. The average molecular weight is 755 g/mol. The van der Waals surface area contributed by atoms with Crippen LogP contribution >= 0.6 is 22.9 Å². The number of para-hydroxylation sites is 1. The van der Waals surface area contributed by atoms with Gasteiger partial charge in [0.05, 0.1) is 29.7 Å². The SMILES string of the molecule is CCOC(=O)C(Oc1ncnc2sc(-c3ccc(F)cc3)c(-c3ccc(OCCN4CCN(C)CC4)c(Cl)c3C)c12)C(F)(F)c1ccccc1OC. The Morgan fingerprint density at radius 1 is 1.02 bits per heavy atom. The van der Waals surface area contributed by atoms with Crippen molar-refractivity contribution in [3.05, 3.63) is 89.0 Å². The van der Waals surface area contributed by atoms with E-state index in [0.717, 1.165) is 38.8 Å². The number of hydrogen-bond donors (Lipinski definition) is 0. The summed E-state index contributed by atoms with van der Waals surface area (Å²) in [6, 6.07) is 14.9. The number of piperazine rings is 1. The Kier molecular flexibility index (Phi) is 11.5. The highest BCUT2D eigenvalue weighted by Gasteiger charge is 2.51. The first-order chi connectivity index (χ1) is 25.0. The third kappa shape index (κ3) is 7.68. The van der Waals surface area contributed by atoms with E-state index in [1.807, 2.05) is 13.0 Å². The van der Waals surface area contributed by atoms with E-state index >= 15 is 8.78 Å². The molecule has 14 heteroatoms. The van der Waals surface area contributed by atoms with Crippen LogP contribution in [0.15, 0.2) is 67.0 Å². The van der Waals surface area contributed by atoms with Gasteiger partial charge >= 0.3 is 11.9 Å². The second-order valence-corrected chi connectivity index (χ2v) is 13.7. The van der Waals surface area contributed by atoms with Crippen molar-refractivity contribution in [2.75, 3.05) is 60.1 Å². The first-order valence-corrected chi connectivity index (χ1v) is 17.9. The summed E-state index contributed by atoms with van der Waals surface area (Å²) in [5, 5.41) is 0.631. The number of carbonyl (C=O) groups is 1. The van der Waals surface area contributed by atoms with Crippen LogP contribution in [0, 0.1) is 12.7 Å². The van der Waals surface area contributed by atoms with Crippen LogP contribution in [0.3, 0.4) is 0 Å². The largest absolute Gasteiger partial charge is 0.496 e. The van der Waals surface area contributed by atoms with Gasteiger partial charge in [-0.1, -0.05) is 41.9 Å². The molecule has 0 N–H and O–H groups in total. The summed E-state index contributed by atoms with van der Waals surface area (Å²) in [5.41, 5.74) is 1.83. The standard InChI is InChI=1S/C38H38ClF3N4O5S/c1-5-49-37(47)34(38(41,42)27-8-6-7-9-28(27)48-4)51-35-31-30(33(52-36(31)44-22-43-35)24-10-12-25(40)13-11-24)26-14-15-29(32(39)23(26)2)50-21-20-46-18-16-45(3)17-19-46/h6-15,22,34H,5,16-21H2,1-4H3. The molecule has 0 saturated carbocycles. The summed E-state index contributed by atoms with van der Waals surface area (Å²) in [6.45, 7) is 8.25. The predicted molar refractivity (Wildman–Crippen MR) is 195 cm³/mol. The number of rotatable bonds is 13. The van der Waals surface area contributed by atoms with E-state index in [2.05, 4.69) is 26.8 Å². The quantitative estimate of drug-likeness (QED) is 0.112. The van der Waals surface area contributed by atoms with Gasteiger partial charge in [-0.3, -0.25) is 4.90 Å². The fraction of sp³-hybridized carbons (Fsp3) is 0.342. The number of esters is 1. The Morgan fingerprint density at radius 3 is 2.46 bits per heavy atom. The summed E-state index contributed by atoms with van der Waals surface area (Å²) in [4.78, 5) is 27.6. The van der Waals surface area contributed by atoms with Crippen molar-refractivity contribution in [3.8, 4) is 38.9 Å². The lowest BCUT2D eigenvalue weighted by molar-refractivity contribution is -0.174. The minimum atomic E-state index is -3.92. The first-order valence-electron chi connectivity index (χ1n) is 16.7. The molecule has 1 fully saturated rings. The van der Waals surface area contributed by atoms with Gasteiger partial charge in [-0.2, -0.15) is 8.78 Å². The molecule has 0 radical (unpaired) electrons. The van der Waals surface area contributed by atoms with Crippen molar-refractivity contribution >= 4 is 39.1 Å². The van der Waals surface area contributed by atoms with E-state index in [4.69, 9.17) is 30.5 Å². The molecule has 1 saturated heterocycles. The molecule has 5 aromatic rings. The molecule has 0 bridgehead atoms. The molecule has 2 aromatic heterocycles. The van der Waals surface area contributed by atoms with E-state index in [-0.39, 0.29) is 23.6 Å². The number of nitrogens with zero attached hydrogens (tertiary/aromatic N) is 4. The van der Waals surface area contributed by atoms with Crippen LogP contribution in [0.25, 0.3) is 31.8 Å². The van der Waals surface area contributed by atoms with E-state index in [9.17, 15) is 9.18 Å². The highest BCUT2D eigenvalue weighted by atomic mass is 35.5. The fourth-order valence-corrected chi connectivity index (χ4v) is 7.49. The van der Waals surface area contributed by atoms with Gasteiger partial charge in [0, 0.05) is 43.2 Å². The molecular weight excluding hydrogens is 717 g/mol. The summed E-state index contributed by atoms with van der Waals surface area (Å²) < 4.78 is 69.4. The molecule has 0 aliphatic carbocycles. The van der Waals surface area contributed by atoms with Crippen LogP contribution in [0.1, 0.15) is 18.1 Å². The Hall–Kier alpha value is -4.43. The number of ether oxygens (including phenoxy) is 4. The van der Waals surface area contributed by atoms with E-state index in [0.29, 0.717) is 49.3 Å². The minimum Gasteiger partial charge on any atom is -0.496 e. The smallest absolute Gasteiger partial charge is 0.354 e. The third-order valence-electron chi connectivity index (χ3n) is 8.97. The van der Waals surface area contributed by atoms with Gasteiger partial charge < -0.3 is 23.8 Å². The molecule has 9 nitrogen and oxygen atoms in total. The van der Waals surface area contributed by atoms with Crippen molar-refractivity contribution in [3.63, 3.8) is 0 Å². The second-order valence-electron chi connectivity index (χ2n) is 12.3. The van der Waals surface area contributed by atoms with Gasteiger partial charge in [-0.05, 0) is 67.9 Å². The van der Waals surface area contributed by atoms with Gasteiger partial charge in [0.1, 0.15) is 35.1 Å². The molecule has 3 heterocycles. The van der Waals surface area contributed by atoms with E-state index in [1.54, 1.807) is 24.3 Å². The van der Waals surface area contributed by atoms with Gasteiger partial charge in [0.2, 0.25) is 5.88 Å². The molecule has 52 heavy (non-hydrogen) atoms. The Bertz CT molecular complexity index is 2040. The number of methoxy groups -OCH3 is 1. The zero-order valence-corrected chi connectivity index (χ0v) is 30.7. The summed E-state index contributed by atoms with van der Waals surface area (Å²) >= 11 is 8.19. The lowest BCUT2D eigenvalue weighted by Crippen LogP contribution is -2.45. The van der Waals surface area contributed by atoms with Gasteiger partial charge in [-0.25, -0.2) is 19.2 Å². The summed E-state index contributed by atoms with van der Waals surface area (Å²) in [6.07, 6.45) is -1.28. The van der Waals surface area contributed by atoms with Crippen molar-refractivity contribution in [1.29, 1.82) is 0 Å². The van der Waals surface area contributed by atoms with Crippen LogP contribution in [-0.2, 0) is 15.5 Å². The van der Waals surface area contributed by atoms with Gasteiger partial charge in [0.15, 0.2) is 0 Å². The Labute approximate surface area is 308 Å². The molecule has 1 aliphatic heterocycles. The number of halogens is 4. The van der Waals surface area contributed by atoms with Crippen LogP contribution in [-0.4, -0.2) is 91.9 Å². The van der Waals surface area contributed by atoms with Gasteiger partial charge in [0.25, 0.3) is 6.10 Å². The zero-order valence-electron chi connectivity index (χ0n) is 29.1. The Morgan fingerprint density at radius 2 is 1.75 bits per heavy atom. The fourth-order valence-electron chi connectivity index (χ4n) is 6.12. The molecule has 0 amide bonds. The third-order valence-corrected chi connectivity index (χ3v) is 10.6. The number of fused-ring (bicyclic) bond motifs is 1. The van der Waals surface area contributed by atoms with Gasteiger partial charge in [-0.15, -0.1) is 11.3 Å². The topological polar surface area (TPSA) is 86.2 Å². The number of benzene rings is 3. The van der Waals surface area contributed by atoms with E-state index < -0.39 is 29.4 Å². The number of carbonyl (C=O) groups excluding carboxylic acids is 1. The second kappa shape index (κ2) is 16.1. The summed E-state index contributed by atoms with van der Waals surface area (Å²) in [7, 11) is 3.36. The maximum absolute atomic E-state index is 16.4. The molecule has 1 unspecified atom stereocenters. The normalized spacial score (nSPS) is 14.7. The highest BCUT2D eigenvalue weighted by molar-refractivity contribution is 7.22. The molecule has 1 aliphatic rings. The van der Waals surface area contributed by atoms with Crippen molar-refractivity contribution in [1.82, 2.24) is 19.8 Å². The number of alkyl halides is 2. The zero-order chi connectivity index (χ0) is 37.0. The summed E-state index contributed by atoms with van der Waals surface area (Å²) in [5.74, 6) is -5.56. The monoisotopic (exact) mass is 754 g/mol. The molecule has 0 spiro atoms. The van der Waals surface area contributed by atoms with Crippen LogP contribution in [0.4, 0.5) is 13.2 Å². The van der Waals surface area contributed by atoms with Crippen molar-refractivity contribution < 1.29 is 36.9 Å². The number of aromatic nitrogens is 2. The van der Waals surface area contributed by atoms with E-state index in [1.165, 1.54) is 56.0 Å². The van der Waals surface area contributed by atoms with Crippen LogP contribution < -0.4 is 14.2 Å². The molecule has 3 aromatic carbocycles. The first kappa shape index (κ1) is 37.3. The lowest BCUT2D eigenvalue weighted by Gasteiger charge is -2.32. The number of hydrogen-bond acceptors (Lipinski definition) is 10. The molecular formula is C38H38ClF3N4O5S. The maximum atomic E-state index is 16.4. The maximum Gasteiger partial charge on any atom is 0.354 e.